The molecule has 3 heteroatoms. The van der Waals surface area contributed by atoms with Gasteiger partial charge in [0.25, 0.3) is 0 Å². The minimum atomic E-state index is -0.0825. The maximum Gasteiger partial charge on any atom is 0.228 e. The summed E-state index contributed by atoms with van der Waals surface area (Å²) in [6, 6.07) is 15.1. The van der Waals surface area contributed by atoms with Crippen molar-refractivity contribution in [1.29, 1.82) is 0 Å². The van der Waals surface area contributed by atoms with Crippen LogP contribution in [0.25, 0.3) is 0 Å². The zero-order valence-corrected chi connectivity index (χ0v) is 10.9. The van der Waals surface area contributed by atoms with Crippen LogP contribution < -0.4 is 5.32 Å². The molecule has 1 amide bonds. The van der Waals surface area contributed by atoms with Gasteiger partial charge in [0.2, 0.25) is 5.91 Å². The van der Waals surface area contributed by atoms with Gasteiger partial charge in [-0.2, -0.15) is 0 Å². The number of nitrogens with one attached hydrogen (secondary N) is 1. The molecule has 2 aromatic rings. The largest absolute Gasteiger partial charge is 0.392 e. The first-order chi connectivity index (χ1) is 9.20. The second-order valence-corrected chi connectivity index (χ2v) is 4.47. The van der Waals surface area contributed by atoms with Crippen LogP contribution in [0.3, 0.4) is 0 Å². The first kappa shape index (κ1) is 13.3. The number of hydrogen-bond acceptors (Lipinski definition) is 2. The molecule has 0 bridgehead atoms. The van der Waals surface area contributed by atoms with Gasteiger partial charge in [-0.1, -0.05) is 42.5 Å². The van der Waals surface area contributed by atoms with Crippen LogP contribution >= 0.6 is 0 Å². The lowest BCUT2D eigenvalue weighted by Crippen LogP contribution is -2.16. The van der Waals surface area contributed by atoms with Crippen molar-refractivity contribution in [3.63, 3.8) is 0 Å². The Bertz CT molecular complexity index is 578. The average Bonchev–Trinajstić information content (AvgIpc) is 2.42. The fourth-order valence-corrected chi connectivity index (χ4v) is 1.96. The van der Waals surface area contributed by atoms with E-state index in [2.05, 4.69) is 5.32 Å². The van der Waals surface area contributed by atoms with Crippen LogP contribution in [0.2, 0.25) is 0 Å². The Labute approximate surface area is 112 Å². The SMILES string of the molecule is Cc1ccccc1CC(=O)Nc1ccccc1CO. The third-order valence-corrected chi connectivity index (χ3v) is 3.07. The number of aliphatic hydroxyl groups excluding tert-OH is 1. The van der Waals surface area contributed by atoms with E-state index in [9.17, 15) is 9.90 Å². The summed E-state index contributed by atoms with van der Waals surface area (Å²) in [5.74, 6) is -0.0739. The molecule has 0 aliphatic rings. The number of para-hydroxylation sites is 1. The standard InChI is InChI=1S/C16H17NO2/c1-12-6-2-3-7-13(12)10-16(19)17-15-9-5-4-8-14(15)11-18/h2-9,18H,10-11H2,1H3,(H,17,19). The van der Waals surface area contributed by atoms with Gasteiger partial charge in [0, 0.05) is 11.3 Å². The molecule has 2 rings (SSSR count). The number of hydrogen-bond donors (Lipinski definition) is 2. The first-order valence-corrected chi connectivity index (χ1v) is 6.24. The molecule has 0 unspecified atom stereocenters. The number of benzene rings is 2. The van der Waals surface area contributed by atoms with Crippen LogP contribution in [0.15, 0.2) is 48.5 Å². The van der Waals surface area contributed by atoms with Gasteiger partial charge in [0.05, 0.1) is 13.0 Å². The molecule has 98 valence electrons. The topological polar surface area (TPSA) is 49.3 Å². The highest BCUT2D eigenvalue weighted by Gasteiger charge is 2.08. The van der Waals surface area contributed by atoms with Crippen molar-refractivity contribution in [1.82, 2.24) is 0 Å². The van der Waals surface area contributed by atoms with Gasteiger partial charge in [-0.15, -0.1) is 0 Å². The summed E-state index contributed by atoms with van der Waals surface area (Å²) in [4.78, 5) is 12.0. The molecule has 0 aliphatic carbocycles. The molecule has 0 heterocycles. The monoisotopic (exact) mass is 255 g/mol. The van der Waals surface area contributed by atoms with Crippen LogP contribution in [-0.4, -0.2) is 11.0 Å². The van der Waals surface area contributed by atoms with Gasteiger partial charge >= 0.3 is 0 Å². The van der Waals surface area contributed by atoms with Crippen LogP contribution in [0.4, 0.5) is 5.69 Å². The van der Waals surface area contributed by atoms with Gasteiger partial charge in [-0.3, -0.25) is 4.79 Å². The van der Waals surface area contributed by atoms with E-state index < -0.39 is 0 Å². The highest BCUT2D eigenvalue weighted by Crippen LogP contribution is 2.16. The minimum Gasteiger partial charge on any atom is -0.392 e. The molecule has 0 aromatic heterocycles. The summed E-state index contributed by atoms with van der Waals surface area (Å²) in [6.07, 6.45) is 0.340. The van der Waals surface area contributed by atoms with Gasteiger partial charge in [-0.05, 0) is 24.1 Å². The Morgan fingerprint density at radius 2 is 1.68 bits per heavy atom. The zero-order chi connectivity index (χ0) is 13.7. The van der Waals surface area contributed by atoms with Gasteiger partial charge < -0.3 is 10.4 Å². The van der Waals surface area contributed by atoms with E-state index >= 15 is 0 Å². The van der Waals surface area contributed by atoms with E-state index in [1.807, 2.05) is 43.3 Å². The Hall–Kier alpha value is -2.13. The third kappa shape index (κ3) is 3.42. The Morgan fingerprint density at radius 3 is 2.37 bits per heavy atom. The molecule has 0 atom stereocenters. The molecule has 3 nitrogen and oxygen atoms in total. The van der Waals surface area contributed by atoms with E-state index in [0.717, 1.165) is 16.7 Å². The molecule has 19 heavy (non-hydrogen) atoms. The molecular formula is C16H17NO2. The molecule has 2 N–H and O–H groups in total. The van der Waals surface area contributed by atoms with E-state index in [1.165, 1.54) is 0 Å². The lowest BCUT2D eigenvalue weighted by molar-refractivity contribution is -0.115. The predicted octanol–water partition coefficient (Wildman–Crippen LogP) is 2.67. The number of amides is 1. The Balaban J connectivity index is 2.08. The van der Waals surface area contributed by atoms with Crippen LogP contribution in [0.5, 0.6) is 0 Å². The molecule has 0 saturated heterocycles. The summed E-state index contributed by atoms with van der Waals surface area (Å²) in [6.45, 7) is 1.91. The van der Waals surface area contributed by atoms with Crippen LogP contribution in [0.1, 0.15) is 16.7 Å². The molecule has 0 spiro atoms. The second-order valence-electron chi connectivity index (χ2n) is 4.47. The number of carbonyl (C=O) groups excluding carboxylic acids is 1. The summed E-state index contributed by atoms with van der Waals surface area (Å²) in [7, 11) is 0. The second kappa shape index (κ2) is 6.16. The fraction of sp³-hybridized carbons (Fsp3) is 0.188. The number of carbonyl (C=O) groups is 1. The van der Waals surface area contributed by atoms with Gasteiger partial charge in [0.1, 0.15) is 0 Å². The highest BCUT2D eigenvalue weighted by molar-refractivity contribution is 5.93. The van der Waals surface area contributed by atoms with E-state index in [-0.39, 0.29) is 12.5 Å². The first-order valence-electron chi connectivity index (χ1n) is 6.24. The summed E-state index contributed by atoms with van der Waals surface area (Å²) >= 11 is 0. The van der Waals surface area contributed by atoms with Crippen LogP contribution in [-0.2, 0) is 17.8 Å². The number of rotatable bonds is 4. The molecular weight excluding hydrogens is 238 g/mol. The molecule has 0 aliphatic heterocycles. The Morgan fingerprint density at radius 1 is 1.05 bits per heavy atom. The van der Waals surface area contributed by atoms with E-state index in [4.69, 9.17) is 0 Å². The van der Waals surface area contributed by atoms with Crippen molar-refractivity contribution < 1.29 is 9.90 Å². The number of anilines is 1. The average molecular weight is 255 g/mol. The zero-order valence-electron chi connectivity index (χ0n) is 10.9. The van der Waals surface area contributed by atoms with E-state index in [1.54, 1.807) is 12.1 Å². The van der Waals surface area contributed by atoms with Crippen molar-refractivity contribution in [2.24, 2.45) is 0 Å². The van der Waals surface area contributed by atoms with Gasteiger partial charge in [0.15, 0.2) is 0 Å². The maximum absolute atomic E-state index is 12.0. The summed E-state index contributed by atoms with van der Waals surface area (Å²) in [5, 5.41) is 12.1. The van der Waals surface area contributed by atoms with Crippen molar-refractivity contribution >= 4 is 11.6 Å². The normalized spacial score (nSPS) is 10.2. The molecule has 0 fully saturated rings. The molecule has 0 radical (unpaired) electrons. The number of aryl methyl sites for hydroxylation is 1. The quantitative estimate of drug-likeness (QED) is 0.882. The Kier molecular flexibility index (Phi) is 4.31. The predicted molar refractivity (Wildman–Crippen MR) is 75.9 cm³/mol. The molecule has 0 saturated carbocycles. The van der Waals surface area contributed by atoms with Crippen LogP contribution in [0, 0.1) is 6.92 Å². The van der Waals surface area contributed by atoms with Crippen molar-refractivity contribution in [2.75, 3.05) is 5.32 Å². The highest BCUT2D eigenvalue weighted by atomic mass is 16.3. The van der Waals surface area contributed by atoms with E-state index in [0.29, 0.717) is 12.1 Å². The lowest BCUT2D eigenvalue weighted by Gasteiger charge is -2.10. The van der Waals surface area contributed by atoms with Crippen molar-refractivity contribution in [3.05, 3.63) is 65.2 Å². The lowest BCUT2D eigenvalue weighted by atomic mass is 10.1. The fourth-order valence-electron chi connectivity index (χ4n) is 1.96. The van der Waals surface area contributed by atoms with Crippen molar-refractivity contribution in [3.8, 4) is 0 Å². The number of aliphatic hydroxyl groups is 1. The minimum absolute atomic E-state index is 0.0739. The van der Waals surface area contributed by atoms with Gasteiger partial charge in [-0.25, -0.2) is 0 Å². The smallest absolute Gasteiger partial charge is 0.228 e. The summed E-state index contributed by atoms with van der Waals surface area (Å²) < 4.78 is 0. The van der Waals surface area contributed by atoms with Crippen molar-refractivity contribution in [2.45, 2.75) is 20.0 Å². The molecule has 2 aromatic carbocycles. The summed E-state index contributed by atoms with van der Waals surface area (Å²) in [5.41, 5.74) is 3.51. The maximum atomic E-state index is 12.0. The third-order valence-electron chi connectivity index (χ3n) is 3.07.